The Hall–Kier alpha value is -14.8. The zero-order valence-corrected chi connectivity index (χ0v) is 81.2. The molecule has 16 saturated carbocycles. The minimum Gasteiger partial charge on any atom is -0.481 e. The fourth-order valence-corrected chi connectivity index (χ4v) is 29.2. The second kappa shape index (κ2) is 39.0. The lowest BCUT2D eigenvalue weighted by Gasteiger charge is -2.33. The lowest BCUT2D eigenvalue weighted by Crippen LogP contribution is -2.54. The van der Waals surface area contributed by atoms with E-state index < -0.39 is 256 Å². The second-order valence-electron chi connectivity index (χ2n) is 42.8. The van der Waals surface area contributed by atoms with E-state index >= 15 is 0 Å². The number of hydrogen-bond donors (Lipinski definition) is 6. The van der Waals surface area contributed by atoms with Gasteiger partial charge in [-0.2, -0.15) is 0 Å². The van der Waals surface area contributed by atoms with Crippen LogP contribution in [0.15, 0.2) is 99.2 Å². The van der Waals surface area contributed by atoms with Crippen molar-refractivity contribution >= 4 is 143 Å². The first-order valence-electron chi connectivity index (χ1n) is 48.9. The number of carboxylic acids is 6. The van der Waals surface area contributed by atoms with E-state index in [2.05, 4.69) is 57.4 Å². The number of carboxylic acid groups (broad SMARTS) is 6. The molecule has 8 saturated heterocycles. The van der Waals surface area contributed by atoms with E-state index in [4.69, 9.17) is 80.5 Å². The van der Waals surface area contributed by atoms with Gasteiger partial charge in [0.15, 0.2) is 36.3 Å². The average molecular weight is 2100 g/mol. The van der Waals surface area contributed by atoms with E-state index in [0.29, 0.717) is 64.2 Å². The smallest absolute Gasteiger partial charge is 0.352 e. The van der Waals surface area contributed by atoms with Gasteiger partial charge in [0.1, 0.15) is 48.8 Å². The van der Waals surface area contributed by atoms with Crippen LogP contribution in [0.25, 0.3) is 0 Å². The van der Waals surface area contributed by atoms with Gasteiger partial charge in [-0.15, -0.1) is 0 Å². The molecular formula is C102H108O48. The van der Waals surface area contributed by atoms with Crippen molar-refractivity contribution in [1.29, 1.82) is 0 Å². The van der Waals surface area contributed by atoms with Crippen LogP contribution in [0.3, 0.4) is 0 Å². The Morgan fingerprint density at radius 1 is 0.333 bits per heavy atom. The van der Waals surface area contributed by atoms with E-state index in [9.17, 15) is 146 Å². The Balaban J connectivity index is 0.000000117. The van der Waals surface area contributed by atoms with Crippen LogP contribution in [0.4, 0.5) is 0 Å². The highest BCUT2D eigenvalue weighted by molar-refractivity contribution is 6.04. The molecule has 6 N–H and O–H groups in total. The maximum atomic E-state index is 12.0. The molecule has 16 bridgehead atoms. The third-order valence-electron chi connectivity index (χ3n) is 34.8. The van der Waals surface area contributed by atoms with Crippen LogP contribution in [0.5, 0.6) is 0 Å². The summed E-state index contributed by atoms with van der Waals surface area (Å²) in [6.07, 6.45) is 7.40. The van der Waals surface area contributed by atoms with Crippen LogP contribution < -0.4 is 0 Å². The molecule has 8 heterocycles. The van der Waals surface area contributed by atoms with E-state index in [1.807, 2.05) is 0 Å². The summed E-state index contributed by atoms with van der Waals surface area (Å²) in [5.74, 6) is -25.6. The van der Waals surface area contributed by atoms with Gasteiger partial charge in [0, 0.05) is 130 Å². The van der Waals surface area contributed by atoms with Crippen LogP contribution in [0, 0.1) is 153 Å². The predicted octanol–water partition coefficient (Wildman–Crippen LogP) is 3.11. The molecule has 0 radical (unpaired) electrons. The van der Waals surface area contributed by atoms with E-state index in [1.54, 1.807) is 0 Å². The van der Waals surface area contributed by atoms with Crippen LogP contribution >= 0.6 is 0 Å². The van der Waals surface area contributed by atoms with E-state index in [0.717, 1.165) is 50.0 Å². The Morgan fingerprint density at radius 3 is 1.09 bits per heavy atom. The Kier molecular flexibility index (Phi) is 27.7. The number of carbonyl (C=O) groups excluding carboxylic acids is 18. The molecule has 40 atom stereocenters. The van der Waals surface area contributed by atoms with Crippen molar-refractivity contribution in [3.63, 3.8) is 0 Å². The van der Waals surface area contributed by atoms with Gasteiger partial charge in [0.25, 0.3) is 11.6 Å². The Bertz CT molecular complexity index is 6010. The third kappa shape index (κ3) is 17.1. The summed E-state index contributed by atoms with van der Waals surface area (Å²) in [7, 11) is 0. The van der Waals surface area contributed by atoms with Crippen LogP contribution in [-0.4, -0.2) is 271 Å². The molecule has 24 aliphatic rings. The first-order chi connectivity index (χ1) is 70.7. The standard InChI is InChI=1S/C14H16O6.4C13H14O6.3C12H12O6/c1-6(2)13(16)18-5-10(15)19-11-7-3-8-9(4-7)14(17)20-12(8)11;1-6(2)9(14)18-13-5-7-3-8(13)12(4-7,10(15)16)11(17)19-13;1-5(2)10(14)18-9-6-3-7-8(4-6)13(9,12(16)17)19-11(7)15;1-4(2)12(16)18-9-5-3-6-8(7(5)11(14)15)13(17)19-10(6)9;1-2-9(14)17-5-10(15)18-11-6-3-7-8(4-6)13(16)19-12(7)11;1-2-8(13)17-12-5-6-3-7(12)11(4-6,9(14)15)10(16)18-12;1-2-8(13)17-9-5-3-6-7(4-5)12(9,11(15)16)18-10(6)14;1-2-6(13)17-9-4-3-5-8(7(4)11(14)15)12(16)18-10(5)9/h7-9,11-12H,1,3-5H2,2H3;7-8H,1,3-5H2,2H3,(H,15,16);6-9H,1,3-4H2,2H3,(H,16,17);5-10H,1,3H2,2H3,(H,14,15);2,6-8,11-12H,1,3-5H2;2,6-7H,1,3-5H2,(H,14,15);2,5-7,9H,1,3-4H2,(H,15,16);2,4-5,7-10H,1,3H2,(H,14,15). The summed E-state index contributed by atoms with van der Waals surface area (Å²) >= 11 is 0. The highest BCUT2D eigenvalue weighted by Gasteiger charge is 2.83. The van der Waals surface area contributed by atoms with Gasteiger partial charge in [-0.25, -0.2) is 57.5 Å². The number of aliphatic carboxylic acids is 6. The molecule has 40 unspecified atom stereocenters. The molecule has 0 aromatic rings. The molecule has 150 heavy (non-hydrogen) atoms. The van der Waals surface area contributed by atoms with Crippen molar-refractivity contribution in [1.82, 2.24) is 0 Å². The molecule has 0 spiro atoms. The summed E-state index contributed by atoms with van der Waals surface area (Å²) in [6.45, 7) is 32.1. The van der Waals surface area contributed by atoms with Gasteiger partial charge in [0.05, 0.1) is 59.2 Å². The third-order valence-corrected chi connectivity index (χ3v) is 34.8. The molecular weight excluding hydrogens is 1990 g/mol. The molecule has 48 heteroatoms. The quantitative estimate of drug-likeness (QED) is 0.0313. The number of rotatable bonds is 26. The van der Waals surface area contributed by atoms with E-state index in [-0.39, 0.29) is 172 Å². The Labute approximate surface area is 850 Å². The van der Waals surface area contributed by atoms with Crippen molar-refractivity contribution in [2.45, 2.75) is 214 Å². The number of hydrogen-bond acceptors (Lipinski definition) is 42. The van der Waals surface area contributed by atoms with Crippen LogP contribution in [0.2, 0.25) is 0 Å². The first kappa shape index (κ1) is 107. The number of carbonyl (C=O) groups is 24. The topological polar surface area (TPSA) is 697 Å². The van der Waals surface area contributed by atoms with Gasteiger partial charge >= 0.3 is 143 Å². The van der Waals surface area contributed by atoms with Crippen molar-refractivity contribution in [2.24, 2.45) is 153 Å². The fourth-order valence-electron chi connectivity index (χ4n) is 29.2. The molecule has 0 amide bonds. The molecule has 16 aliphatic carbocycles. The molecule has 24 rings (SSSR count). The molecule has 48 nitrogen and oxygen atoms in total. The van der Waals surface area contributed by atoms with Gasteiger partial charge in [-0.3, -0.25) is 57.5 Å². The fraction of sp³-hybridized carbons (Fsp3) is 0.608. The molecule has 8 aliphatic heterocycles. The highest BCUT2D eigenvalue weighted by atomic mass is 16.8. The number of ether oxygens (including phenoxy) is 18. The summed E-state index contributed by atoms with van der Waals surface area (Å²) in [6, 6.07) is 0. The number of esters is 18. The maximum absolute atomic E-state index is 12.0. The van der Waals surface area contributed by atoms with Crippen molar-refractivity contribution in [2.75, 3.05) is 13.2 Å². The summed E-state index contributed by atoms with van der Waals surface area (Å²) in [4.78, 5) is 276. The van der Waals surface area contributed by atoms with Crippen LogP contribution in [0.1, 0.15) is 130 Å². The molecule has 804 valence electrons. The highest BCUT2D eigenvalue weighted by Crippen LogP contribution is 2.71. The van der Waals surface area contributed by atoms with Crippen LogP contribution in [-0.2, 0) is 200 Å². The average Bonchev–Trinajstić information content (AvgIpc) is 1.53. The Morgan fingerprint density at radius 2 is 0.700 bits per heavy atom. The monoisotopic (exact) mass is 2100 g/mol. The lowest BCUT2D eigenvalue weighted by molar-refractivity contribution is -0.221. The first-order valence-corrected chi connectivity index (χ1v) is 48.9. The van der Waals surface area contributed by atoms with Gasteiger partial charge < -0.3 is 116 Å². The minimum absolute atomic E-state index is 0.0106. The molecule has 0 aromatic heterocycles. The molecule has 0 aromatic carbocycles. The summed E-state index contributed by atoms with van der Waals surface area (Å²) in [5, 5.41) is 56.0. The van der Waals surface area contributed by atoms with E-state index in [1.165, 1.54) is 27.7 Å². The SMILES string of the molecule is C=C(C)C(=O)OC12CC3CC1C(C(=O)O)(C3)C(=O)O2.C=C(C)C(=O)OC1C2CC3C(=O)OC1(C(=O)O)C3C2.C=C(C)C(=O)OC1C2CC3C1OC(=O)C3C2C(=O)O.C=C(C)C(=O)OCC(=O)OC1C2CC3C(=O)OC1C3C2.C=CC(=O)OC12CC3CC1C(C(=O)O)(C3)C(=O)O2.C=CC(=O)OC1C2CC3C(=O)OC1(C(=O)O)C3C2.C=CC(=O)OC1C2CC3C1OC(=O)C3C2C(=O)O.C=CC(=O)OCC(=O)OC1C2CC3C(=O)OC1C3C2. The van der Waals surface area contributed by atoms with Gasteiger partial charge in [-0.05, 0) is 129 Å². The minimum atomic E-state index is -1.68. The second-order valence-corrected chi connectivity index (χ2v) is 42.8. The summed E-state index contributed by atoms with van der Waals surface area (Å²) in [5.41, 5.74) is -5.55. The maximum Gasteiger partial charge on any atom is 0.352 e. The summed E-state index contributed by atoms with van der Waals surface area (Å²) < 4.78 is 92.7. The predicted molar refractivity (Wildman–Crippen MR) is 477 cm³/mol. The van der Waals surface area contributed by atoms with Crippen molar-refractivity contribution < 1.29 is 231 Å². The largest absolute Gasteiger partial charge is 0.481 e. The lowest BCUT2D eigenvalue weighted by atomic mass is 9.73. The molecule has 24 fully saturated rings. The zero-order chi connectivity index (χ0) is 109. The normalized spacial score (nSPS) is 41.4. The number of fused-ring (bicyclic) bond motifs is 8. The zero-order valence-electron chi connectivity index (χ0n) is 81.2. The van der Waals surface area contributed by atoms with Gasteiger partial charge in [-0.1, -0.05) is 52.6 Å². The van der Waals surface area contributed by atoms with Crippen molar-refractivity contribution in [3.05, 3.63) is 99.2 Å². The van der Waals surface area contributed by atoms with Gasteiger partial charge in [0.2, 0.25) is 11.2 Å². The van der Waals surface area contributed by atoms with Crippen molar-refractivity contribution in [3.8, 4) is 0 Å².